The Morgan fingerprint density at radius 2 is 1.90 bits per heavy atom. The summed E-state index contributed by atoms with van der Waals surface area (Å²) in [5.74, 6) is -0.603. The third-order valence-corrected chi connectivity index (χ3v) is 3.55. The summed E-state index contributed by atoms with van der Waals surface area (Å²) in [6.07, 6.45) is -3.07. The molecule has 110 valence electrons. The average Bonchev–Trinajstić information content (AvgIpc) is 2.37. The smallest absolute Gasteiger partial charge is 0.321 e. The normalized spacial score (nSPS) is 11.3. The van der Waals surface area contributed by atoms with E-state index in [9.17, 15) is 18.0 Å². The van der Waals surface area contributed by atoms with Crippen LogP contribution in [0.25, 0.3) is 0 Å². The zero-order chi connectivity index (χ0) is 15.6. The van der Waals surface area contributed by atoms with Crippen molar-refractivity contribution in [2.24, 2.45) is 0 Å². The Hall–Kier alpha value is -1.41. The summed E-state index contributed by atoms with van der Waals surface area (Å²) in [6.45, 7) is 0. The molecule has 2 rings (SSSR count). The van der Waals surface area contributed by atoms with E-state index in [4.69, 9.17) is 0 Å². The van der Waals surface area contributed by atoms with Crippen LogP contribution in [0.15, 0.2) is 45.5 Å². The standard InChI is InChI=1S/C13H7Br2F3N2O/c14-8-4-7(13(16,17)18)5-9(6-8)20-12(21)11-10(15)2-1-3-19-11/h1-6H,(H,20,21). The van der Waals surface area contributed by atoms with Gasteiger partial charge in [-0.1, -0.05) is 15.9 Å². The lowest BCUT2D eigenvalue weighted by molar-refractivity contribution is -0.137. The van der Waals surface area contributed by atoms with E-state index in [-0.39, 0.29) is 15.9 Å². The number of rotatable bonds is 2. The molecule has 1 heterocycles. The maximum absolute atomic E-state index is 12.7. The number of hydrogen-bond donors (Lipinski definition) is 1. The number of halogens is 5. The van der Waals surface area contributed by atoms with E-state index in [1.807, 2.05) is 0 Å². The summed E-state index contributed by atoms with van der Waals surface area (Å²) in [4.78, 5) is 15.9. The Kier molecular flexibility index (Phi) is 4.67. The molecule has 0 aliphatic rings. The van der Waals surface area contributed by atoms with E-state index < -0.39 is 17.6 Å². The second-order valence-corrected chi connectivity index (χ2v) is 5.78. The zero-order valence-corrected chi connectivity index (χ0v) is 13.4. The van der Waals surface area contributed by atoms with Gasteiger partial charge in [0.1, 0.15) is 5.69 Å². The van der Waals surface area contributed by atoms with Gasteiger partial charge in [-0.2, -0.15) is 13.2 Å². The van der Waals surface area contributed by atoms with Gasteiger partial charge < -0.3 is 5.32 Å². The van der Waals surface area contributed by atoms with Gasteiger partial charge in [-0.25, -0.2) is 4.98 Å². The van der Waals surface area contributed by atoms with Gasteiger partial charge in [0.15, 0.2) is 0 Å². The number of carbonyl (C=O) groups excluding carboxylic acids is 1. The van der Waals surface area contributed by atoms with Gasteiger partial charge in [0.05, 0.1) is 5.56 Å². The Bertz CT molecular complexity index is 689. The minimum atomic E-state index is -4.49. The van der Waals surface area contributed by atoms with Gasteiger partial charge in [0.2, 0.25) is 0 Å². The Morgan fingerprint density at radius 3 is 2.52 bits per heavy atom. The Balaban J connectivity index is 2.30. The summed E-state index contributed by atoms with van der Waals surface area (Å²) in [7, 11) is 0. The van der Waals surface area contributed by atoms with Gasteiger partial charge >= 0.3 is 6.18 Å². The molecule has 0 atom stereocenters. The van der Waals surface area contributed by atoms with E-state index in [1.165, 1.54) is 12.3 Å². The summed E-state index contributed by atoms with van der Waals surface area (Å²) < 4.78 is 38.8. The summed E-state index contributed by atoms with van der Waals surface area (Å²) >= 11 is 6.15. The molecular weight excluding hydrogens is 417 g/mol. The predicted molar refractivity (Wildman–Crippen MR) is 79.0 cm³/mol. The first-order chi connectivity index (χ1) is 9.77. The molecule has 0 saturated carbocycles. The molecule has 21 heavy (non-hydrogen) atoms. The molecule has 0 spiro atoms. The van der Waals surface area contributed by atoms with Crippen molar-refractivity contribution in [2.75, 3.05) is 5.32 Å². The molecule has 0 aliphatic carbocycles. The molecule has 0 fully saturated rings. The fourth-order valence-corrected chi connectivity index (χ4v) is 2.50. The van der Waals surface area contributed by atoms with Crippen LogP contribution >= 0.6 is 31.9 Å². The van der Waals surface area contributed by atoms with E-state index in [0.29, 0.717) is 4.47 Å². The number of carbonyl (C=O) groups is 1. The molecule has 8 heteroatoms. The quantitative estimate of drug-likeness (QED) is 0.748. The second-order valence-electron chi connectivity index (χ2n) is 4.01. The van der Waals surface area contributed by atoms with Crippen molar-refractivity contribution in [3.05, 3.63) is 56.7 Å². The first-order valence-electron chi connectivity index (χ1n) is 5.57. The van der Waals surface area contributed by atoms with Crippen LogP contribution in [-0.4, -0.2) is 10.9 Å². The minimum absolute atomic E-state index is 0.0271. The molecule has 3 nitrogen and oxygen atoms in total. The van der Waals surface area contributed by atoms with Gasteiger partial charge in [-0.15, -0.1) is 0 Å². The van der Waals surface area contributed by atoms with Crippen molar-refractivity contribution in [3.63, 3.8) is 0 Å². The van der Waals surface area contributed by atoms with Crippen molar-refractivity contribution < 1.29 is 18.0 Å². The van der Waals surface area contributed by atoms with Crippen LogP contribution in [0.1, 0.15) is 16.1 Å². The highest BCUT2D eigenvalue weighted by molar-refractivity contribution is 9.10. The molecule has 0 bridgehead atoms. The van der Waals surface area contributed by atoms with Crippen LogP contribution in [0.2, 0.25) is 0 Å². The first kappa shape index (κ1) is 16.0. The number of nitrogens with one attached hydrogen (secondary N) is 1. The fourth-order valence-electron chi connectivity index (χ4n) is 1.57. The fraction of sp³-hybridized carbons (Fsp3) is 0.0769. The number of anilines is 1. The number of amides is 1. The average molecular weight is 424 g/mol. The molecule has 0 aliphatic heterocycles. The van der Waals surface area contributed by atoms with Crippen molar-refractivity contribution in [3.8, 4) is 0 Å². The third kappa shape index (κ3) is 4.04. The Labute approximate surface area is 134 Å². The number of nitrogens with zero attached hydrogens (tertiary/aromatic N) is 1. The van der Waals surface area contributed by atoms with Crippen molar-refractivity contribution in [2.45, 2.75) is 6.18 Å². The lowest BCUT2D eigenvalue weighted by Gasteiger charge is -2.11. The van der Waals surface area contributed by atoms with Crippen LogP contribution in [0.4, 0.5) is 18.9 Å². The van der Waals surface area contributed by atoms with E-state index >= 15 is 0 Å². The summed E-state index contributed by atoms with van der Waals surface area (Å²) in [5, 5.41) is 2.39. The third-order valence-electron chi connectivity index (χ3n) is 2.46. The largest absolute Gasteiger partial charge is 0.416 e. The lowest BCUT2D eigenvalue weighted by Crippen LogP contribution is -2.15. The molecule has 0 unspecified atom stereocenters. The Morgan fingerprint density at radius 1 is 1.19 bits per heavy atom. The molecule has 0 saturated heterocycles. The van der Waals surface area contributed by atoms with Crippen molar-refractivity contribution in [1.82, 2.24) is 4.98 Å². The number of aromatic nitrogens is 1. The van der Waals surface area contributed by atoms with E-state index in [1.54, 1.807) is 12.1 Å². The number of alkyl halides is 3. The van der Waals surface area contributed by atoms with Crippen LogP contribution in [0.5, 0.6) is 0 Å². The van der Waals surface area contributed by atoms with Crippen molar-refractivity contribution in [1.29, 1.82) is 0 Å². The molecule has 1 N–H and O–H groups in total. The number of hydrogen-bond acceptors (Lipinski definition) is 2. The van der Waals surface area contributed by atoms with Crippen LogP contribution in [-0.2, 0) is 6.18 Å². The van der Waals surface area contributed by atoms with Gasteiger partial charge in [0.25, 0.3) is 5.91 Å². The van der Waals surface area contributed by atoms with Gasteiger partial charge in [0, 0.05) is 20.8 Å². The molecule has 1 aromatic carbocycles. The van der Waals surface area contributed by atoms with Gasteiger partial charge in [-0.3, -0.25) is 4.79 Å². The maximum atomic E-state index is 12.7. The van der Waals surface area contributed by atoms with Crippen LogP contribution < -0.4 is 5.32 Å². The SMILES string of the molecule is O=C(Nc1cc(Br)cc(C(F)(F)F)c1)c1ncccc1Br. The van der Waals surface area contributed by atoms with Crippen molar-refractivity contribution >= 4 is 43.5 Å². The lowest BCUT2D eigenvalue weighted by atomic mass is 10.2. The summed E-state index contributed by atoms with van der Waals surface area (Å²) in [6, 6.07) is 6.42. The highest BCUT2D eigenvalue weighted by Crippen LogP contribution is 2.33. The van der Waals surface area contributed by atoms with E-state index in [0.717, 1.165) is 12.1 Å². The van der Waals surface area contributed by atoms with E-state index in [2.05, 4.69) is 42.2 Å². The number of benzene rings is 1. The molecule has 1 amide bonds. The first-order valence-corrected chi connectivity index (χ1v) is 7.15. The van der Waals surface area contributed by atoms with Crippen LogP contribution in [0, 0.1) is 0 Å². The monoisotopic (exact) mass is 422 g/mol. The van der Waals surface area contributed by atoms with Crippen LogP contribution in [0.3, 0.4) is 0 Å². The number of pyridine rings is 1. The minimum Gasteiger partial charge on any atom is -0.321 e. The molecule has 2 aromatic rings. The topological polar surface area (TPSA) is 42.0 Å². The zero-order valence-electron chi connectivity index (χ0n) is 10.2. The predicted octanol–water partition coefficient (Wildman–Crippen LogP) is 4.88. The molecule has 1 aromatic heterocycles. The second kappa shape index (κ2) is 6.15. The van der Waals surface area contributed by atoms with Gasteiger partial charge in [-0.05, 0) is 46.3 Å². The molecular formula is C13H7Br2F3N2O. The summed E-state index contributed by atoms with van der Waals surface area (Å²) in [5.41, 5.74) is -0.738. The highest BCUT2D eigenvalue weighted by Gasteiger charge is 2.31. The highest BCUT2D eigenvalue weighted by atomic mass is 79.9. The maximum Gasteiger partial charge on any atom is 0.416 e. The molecule has 0 radical (unpaired) electrons.